The summed E-state index contributed by atoms with van der Waals surface area (Å²) in [7, 11) is 0. The lowest BCUT2D eigenvalue weighted by atomic mass is 9.91. The first kappa shape index (κ1) is 22.8. The fourth-order valence-corrected chi connectivity index (χ4v) is 3.88. The molecule has 2 atom stereocenters. The van der Waals surface area contributed by atoms with Crippen LogP contribution in [-0.4, -0.2) is 16.5 Å². The van der Waals surface area contributed by atoms with Crippen molar-refractivity contribution in [2.45, 2.75) is 52.4 Å². The number of carbonyl (C=O) groups is 1. The van der Waals surface area contributed by atoms with E-state index < -0.39 is 5.60 Å². The first-order chi connectivity index (χ1) is 14.8. The minimum atomic E-state index is -0.518. The third kappa shape index (κ3) is 6.80. The number of ether oxygens (including phenoxy) is 1. The van der Waals surface area contributed by atoms with Crippen molar-refractivity contribution in [2.24, 2.45) is 5.92 Å². The fraction of sp³-hybridized carbons (Fsp3) is 0.321. The van der Waals surface area contributed by atoms with Crippen LogP contribution in [-0.2, 0) is 22.6 Å². The van der Waals surface area contributed by atoms with Crippen LogP contribution in [0.3, 0.4) is 0 Å². The van der Waals surface area contributed by atoms with Gasteiger partial charge in [-0.15, -0.1) is 0 Å². The molecule has 3 aromatic carbocycles. The fourth-order valence-electron chi connectivity index (χ4n) is 3.88. The van der Waals surface area contributed by atoms with Crippen molar-refractivity contribution < 1.29 is 9.53 Å². The molecule has 31 heavy (non-hydrogen) atoms. The minimum absolute atomic E-state index is 0.114. The Balaban J connectivity index is 1.99. The maximum absolute atomic E-state index is 13.1. The van der Waals surface area contributed by atoms with Gasteiger partial charge in [-0.2, -0.15) is 0 Å². The molecule has 0 saturated heterocycles. The second kappa shape index (κ2) is 10.4. The van der Waals surface area contributed by atoms with Gasteiger partial charge in [-0.1, -0.05) is 97.9 Å². The molecular weight excluding hydrogens is 382 g/mol. The molecule has 3 aromatic rings. The number of benzene rings is 3. The third-order valence-electron chi connectivity index (χ3n) is 5.24. The van der Waals surface area contributed by atoms with Gasteiger partial charge in [0, 0.05) is 19.1 Å². The largest absolute Gasteiger partial charge is 0.460 e. The van der Waals surface area contributed by atoms with Gasteiger partial charge in [-0.05, 0) is 37.5 Å². The van der Waals surface area contributed by atoms with E-state index in [1.54, 1.807) is 0 Å². The maximum Gasteiger partial charge on any atom is 0.311 e. The highest BCUT2D eigenvalue weighted by atomic mass is 16.6. The highest BCUT2D eigenvalue weighted by molar-refractivity contribution is 5.73. The van der Waals surface area contributed by atoms with Crippen LogP contribution in [0.4, 0.5) is 0 Å². The summed E-state index contributed by atoms with van der Waals surface area (Å²) >= 11 is 0. The normalized spacial score (nSPS) is 13.6. The molecule has 0 aliphatic rings. The van der Waals surface area contributed by atoms with Crippen molar-refractivity contribution in [1.29, 1.82) is 0 Å². The lowest BCUT2D eigenvalue weighted by molar-refractivity contribution is -0.162. The minimum Gasteiger partial charge on any atom is -0.460 e. The number of hydrogen-bond acceptors (Lipinski definition) is 3. The first-order valence-corrected chi connectivity index (χ1v) is 10.9. The second-order valence-corrected chi connectivity index (χ2v) is 9.05. The Hall–Kier alpha value is -2.91. The van der Waals surface area contributed by atoms with E-state index >= 15 is 0 Å². The van der Waals surface area contributed by atoms with Crippen LogP contribution in [0.5, 0.6) is 0 Å². The molecule has 0 N–H and O–H groups in total. The zero-order valence-corrected chi connectivity index (χ0v) is 19.0. The van der Waals surface area contributed by atoms with E-state index in [0.29, 0.717) is 0 Å². The quantitative estimate of drug-likeness (QED) is 0.398. The molecule has 0 radical (unpaired) electrons. The molecule has 3 heteroatoms. The average molecular weight is 416 g/mol. The van der Waals surface area contributed by atoms with Gasteiger partial charge >= 0.3 is 5.97 Å². The lowest BCUT2D eigenvalue weighted by Crippen LogP contribution is -2.38. The molecule has 0 spiro atoms. The van der Waals surface area contributed by atoms with Crippen molar-refractivity contribution >= 4 is 5.97 Å². The Morgan fingerprint density at radius 1 is 0.774 bits per heavy atom. The Morgan fingerprint density at radius 3 is 1.61 bits per heavy atom. The number of nitrogens with zero attached hydrogens (tertiary/aromatic N) is 1. The van der Waals surface area contributed by atoms with Crippen LogP contribution in [0.2, 0.25) is 0 Å². The molecule has 0 saturated carbocycles. The Morgan fingerprint density at radius 2 is 1.19 bits per heavy atom. The van der Waals surface area contributed by atoms with E-state index in [-0.39, 0.29) is 17.9 Å². The summed E-state index contributed by atoms with van der Waals surface area (Å²) in [5, 5.41) is 0. The van der Waals surface area contributed by atoms with Crippen LogP contribution < -0.4 is 0 Å². The van der Waals surface area contributed by atoms with E-state index in [2.05, 4.69) is 65.6 Å². The SMILES string of the molecule is C[C@@H](C(=O)OC(C)(C)C)[C@@H](c1ccccc1)N(Cc1ccccc1)Cc1ccccc1. The van der Waals surface area contributed by atoms with Crippen LogP contribution in [0.25, 0.3) is 0 Å². The van der Waals surface area contributed by atoms with Crippen LogP contribution in [0, 0.1) is 5.92 Å². The molecule has 162 valence electrons. The standard InChI is InChI=1S/C28H33NO2/c1-22(27(30)31-28(2,3)4)26(25-18-12-7-13-19-25)29(20-23-14-8-5-9-15-23)21-24-16-10-6-11-17-24/h5-19,22,26H,20-21H2,1-4H3/t22-,26+/m1/s1. The van der Waals surface area contributed by atoms with E-state index in [9.17, 15) is 4.79 Å². The van der Waals surface area contributed by atoms with Crippen LogP contribution in [0.1, 0.15) is 50.4 Å². The molecule has 3 rings (SSSR count). The lowest BCUT2D eigenvalue weighted by Gasteiger charge is -2.36. The van der Waals surface area contributed by atoms with Crippen molar-refractivity contribution in [2.75, 3.05) is 0 Å². The van der Waals surface area contributed by atoms with Crippen molar-refractivity contribution in [3.05, 3.63) is 108 Å². The van der Waals surface area contributed by atoms with Crippen molar-refractivity contribution in [3.63, 3.8) is 0 Å². The smallest absolute Gasteiger partial charge is 0.311 e. The predicted molar refractivity (Wildman–Crippen MR) is 126 cm³/mol. The van der Waals surface area contributed by atoms with E-state index in [1.807, 2.05) is 58.0 Å². The molecule has 3 nitrogen and oxygen atoms in total. The number of carbonyl (C=O) groups excluding carboxylic acids is 1. The van der Waals surface area contributed by atoms with Gasteiger partial charge in [0.15, 0.2) is 0 Å². The van der Waals surface area contributed by atoms with Gasteiger partial charge in [0.2, 0.25) is 0 Å². The van der Waals surface area contributed by atoms with E-state index in [4.69, 9.17) is 4.74 Å². The van der Waals surface area contributed by atoms with Gasteiger partial charge in [-0.25, -0.2) is 0 Å². The highest BCUT2D eigenvalue weighted by Crippen LogP contribution is 2.33. The van der Waals surface area contributed by atoms with Crippen molar-refractivity contribution in [3.8, 4) is 0 Å². The van der Waals surface area contributed by atoms with Crippen LogP contribution >= 0.6 is 0 Å². The number of hydrogen-bond donors (Lipinski definition) is 0. The molecule has 0 fully saturated rings. The summed E-state index contributed by atoms with van der Waals surface area (Å²) in [6, 6.07) is 31.0. The van der Waals surface area contributed by atoms with E-state index in [0.717, 1.165) is 18.7 Å². The average Bonchev–Trinajstić information content (AvgIpc) is 2.75. The maximum atomic E-state index is 13.1. The Bertz CT molecular complexity index is 892. The zero-order valence-electron chi connectivity index (χ0n) is 19.0. The summed E-state index contributed by atoms with van der Waals surface area (Å²) in [6.07, 6.45) is 0. The molecule has 0 aliphatic carbocycles. The molecule has 0 heterocycles. The molecule has 0 bridgehead atoms. The predicted octanol–water partition coefficient (Wildman–Crippen LogP) is 6.41. The summed E-state index contributed by atoms with van der Waals surface area (Å²) in [5.74, 6) is -0.499. The molecule has 0 unspecified atom stereocenters. The third-order valence-corrected chi connectivity index (χ3v) is 5.24. The number of rotatable bonds is 8. The summed E-state index contributed by atoms with van der Waals surface area (Å²) in [5.41, 5.74) is 3.04. The first-order valence-electron chi connectivity index (χ1n) is 10.9. The van der Waals surface area contributed by atoms with Crippen LogP contribution in [0.15, 0.2) is 91.0 Å². The Labute approximate surface area is 186 Å². The summed E-state index contributed by atoms with van der Waals surface area (Å²) < 4.78 is 5.79. The zero-order chi connectivity index (χ0) is 22.3. The summed E-state index contributed by atoms with van der Waals surface area (Å²) in [4.78, 5) is 15.5. The second-order valence-electron chi connectivity index (χ2n) is 9.05. The Kier molecular flexibility index (Phi) is 7.64. The topological polar surface area (TPSA) is 29.5 Å². The monoisotopic (exact) mass is 415 g/mol. The van der Waals surface area contributed by atoms with Gasteiger partial charge < -0.3 is 4.74 Å². The number of esters is 1. The van der Waals surface area contributed by atoms with Crippen molar-refractivity contribution in [1.82, 2.24) is 4.90 Å². The molecule has 0 aromatic heterocycles. The molecule has 0 aliphatic heterocycles. The summed E-state index contributed by atoms with van der Waals surface area (Å²) in [6.45, 7) is 9.21. The highest BCUT2D eigenvalue weighted by Gasteiger charge is 2.33. The molecule has 0 amide bonds. The van der Waals surface area contributed by atoms with E-state index in [1.165, 1.54) is 11.1 Å². The van der Waals surface area contributed by atoms with Gasteiger partial charge in [-0.3, -0.25) is 9.69 Å². The van der Waals surface area contributed by atoms with Gasteiger partial charge in [0.1, 0.15) is 5.60 Å². The van der Waals surface area contributed by atoms with Gasteiger partial charge in [0.25, 0.3) is 0 Å². The molecular formula is C28H33NO2. The van der Waals surface area contributed by atoms with Gasteiger partial charge in [0.05, 0.1) is 5.92 Å².